The number of nitrogens with two attached hydrogens (primary N) is 1. The van der Waals surface area contributed by atoms with Gasteiger partial charge in [-0.1, -0.05) is 12.1 Å². The highest BCUT2D eigenvalue weighted by molar-refractivity contribution is 5.85. The molecule has 2 atom stereocenters. The molecule has 0 aliphatic heterocycles. The zero-order valence-corrected chi connectivity index (χ0v) is 10.9. The molecule has 3 N–H and O–H groups in total. The first-order valence-corrected chi connectivity index (χ1v) is 5.86. The number of halogens is 2. The number of pyridine rings is 1. The molecule has 0 spiro atoms. The fourth-order valence-corrected chi connectivity index (χ4v) is 2.10. The molecule has 1 aliphatic carbocycles. The summed E-state index contributed by atoms with van der Waals surface area (Å²) >= 11 is 0. The maximum Gasteiger partial charge on any atom is 0.174 e. The van der Waals surface area contributed by atoms with Crippen LogP contribution in [0.3, 0.4) is 0 Å². The Morgan fingerprint density at radius 2 is 2.00 bits per heavy atom. The standard InChI is InChI=1S/C14H13FN2O.ClH/c15-14-9(2-1-3-13(14)18)12-5-4-8(7-17-12)10-6-11(10)16;/h1-5,7,10-11,18H,6,16H2;1H/t10-,11+;/m0./s1. The minimum absolute atomic E-state index is 0. The topological polar surface area (TPSA) is 59.1 Å². The minimum Gasteiger partial charge on any atom is -0.505 e. The smallest absolute Gasteiger partial charge is 0.174 e. The Morgan fingerprint density at radius 1 is 1.26 bits per heavy atom. The normalized spacial score (nSPS) is 20.7. The molecule has 2 aromatic rings. The van der Waals surface area contributed by atoms with Crippen LogP contribution in [-0.2, 0) is 0 Å². The molecule has 1 fully saturated rings. The largest absolute Gasteiger partial charge is 0.505 e. The molecule has 1 aromatic carbocycles. The summed E-state index contributed by atoms with van der Waals surface area (Å²) < 4.78 is 13.7. The van der Waals surface area contributed by atoms with Gasteiger partial charge >= 0.3 is 0 Å². The summed E-state index contributed by atoms with van der Waals surface area (Å²) in [6.45, 7) is 0. The van der Waals surface area contributed by atoms with Gasteiger partial charge in [-0.3, -0.25) is 4.98 Å². The van der Waals surface area contributed by atoms with E-state index in [0.717, 1.165) is 12.0 Å². The monoisotopic (exact) mass is 280 g/mol. The number of benzene rings is 1. The lowest BCUT2D eigenvalue weighted by Crippen LogP contribution is -2.01. The Morgan fingerprint density at radius 3 is 2.58 bits per heavy atom. The second kappa shape index (κ2) is 5.15. The van der Waals surface area contributed by atoms with Gasteiger partial charge in [0.2, 0.25) is 0 Å². The van der Waals surface area contributed by atoms with Crippen molar-refractivity contribution in [2.75, 3.05) is 0 Å². The number of phenolic OH excluding ortho intramolecular Hbond substituents is 1. The van der Waals surface area contributed by atoms with Crippen molar-refractivity contribution in [1.82, 2.24) is 4.98 Å². The van der Waals surface area contributed by atoms with Crippen LogP contribution in [0.2, 0.25) is 0 Å². The Balaban J connectivity index is 0.00000133. The number of aromatic nitrogens is 1. The molecular formula is C14H14ClFN2O. The maximum absolute atomic E-state index is 13.7. The molecule has 1 aliphatic rings. The predicted octanol–water partition coefficient (Wildman–Crippen LogP) is 2.83. The van der Waals surface area contributed by atoms with Gasteiger partial charge in [-0.2, -0.15) is 0 Å². The molecule has 1 saturated carbocycles. The Hall–Kier alpha value is -1.65. The summed E-state index contributed by atoms with van der Waals surface area (Å²) in [6, 6.07) is 8.42. The maximum atomic E-state index is 13.7. The molecule has 0 radical (unpaired) electrons. The highest BCUT2D eigenvalue weighted by Crippen LogP contribution is 2.39. The number of rotatable bonds is 2. The number of hydrogen-bond donors (Lipinski definition) is 2. The number of aromatic hydroxyl groups is 1. The molecule has 5 heteroatoms. The van der Waals surface area contributed by atoms with Crippen LogP contribution in [0.15, 0.2) is 36.5 Å². The van der Waals surface area contributed by atoms with E-state index < -0.39 is 5.82 Å². The third-order valence-electron chi connectivity index (χ3n) is 3.31. The van der Waals surface area contributed by atoms with E-state index in [9.17, 15) is 9.50 Å². The van der Waals surface area contributed by atoms with Crippen LogP contribution >= 0.6 is 12.4 Å². The van der Waals surface area contributed by atoms with Gasteiger partial charge in [0, 0.05) is 23.7 Å². The summed E-state index contributed by atoms with van der Waals surface area (Å²) in [7, 11) is 0. The summed E-state index contributed by atoms with van der Waals surface area (Å²) in [5, 5.41) is 9.33. The van der Waals surface area contributed by atoms with E-state index in [1.54, 1.807) is 24.4 Å². The highest BCUT2D eigenvalue weighted by Gasteiger charge is 2.34. The van der Waals surface area contributed by atoms with E-state index >= 15 is 0 Å². The van der Waals surface area contributed by atoms with E-state index in [4.69, 9.17) is 5.73 Å². The van der Waals surface area contributed by atoms with Crippen molar-refractivity contribution in [1.29, 1.82) is 0 Å². The molecule has 0 bridgehead atoms. The van der Waals surface area contributed by atoms with E-state index in [0.29, 0.717) is 17.2 Å². The number of nitrogens with zero attached hydrogens (tertiary/aromatic N) is 1. The lowest BCUT2D eigenvalue weighted by molar-refractivity contribution is 0.433. The van der Waals surface area contributed by atoms with Crippen LogP contribution < -0.4 is 5.73 Å². The zero-order valence-electron chi connectivity index (χ0n) is 10.1. The SMILES string of the molecule is Cl.N[C@@H]1C[C@H]1c1ccc(-c2cccc(O)c2F)nc1. The Kier molecular flexibility index (Phi) is 3.73. The molecule has 100 valence electrons. The Labute approximate surface area is 116 Å². The van der Waals surface area contributed by atoms with E-state index in [1.807, 2.05) is 6.07 Å². The quantitative estimate of drug-likeness (QED) is 0.889. The van der Waals surface area contributed by atoms with Crippen LogP contribution in [-0.4, -0.2) is 16.1 Å². The van der Waals surface area contributed by atoms with Gasteiger partial charge < -0.3 is 10.8 Å². The third-order valence-corrected chi connectivity index (χ3v) is 3.31. The average Bonchev–Trinajstić information content (AvgIpc) is 3.10. The fraction of sp³-hybridized carbons (Fsp3) is 0.214. The second-order valence-corrected chi connectivity index (χ2v) is 4.62. The Bertz CT molecular complexity index is 588. The van der Waals surface area contributed by atoms with Gasteiger partial charge in [0.1, 0.15) is 0 Å². The first-order valence-electron chi connectivity index (χ1n) is 5.86. The van der Waals surface area contributed by atoms with Crippen LogP contribution in [0, 0.1) is 5.82 Å². The number of phenols is 1. The van der Waals surface area contributed by atoms with Crippen molar-refractivity contribution in [3.63, 3.8) is 0 Å². The van der Waals surface area contributed by atoms with E-state index in [1.165, 1.54) is 6.07 Å². The van der Waals surface area contributed by atoms with Crippen molar-refractivity contribution in [2.45, 2.75) is 18.4 Å². The van der Waals surface area contributed by atoms with Gasteiger partial charge in [0.25, 0.3) is 0 Å². The first-order chi connectivity index (χ1) is 8.66. The van der Waals surface area contributed by atoms with Crippen LogP contribution in [0.5, 0.6) is 5.75 Å². The van der Waals surface area contributed by atoms with Gasteiger partial charge in [0.05, 0.1) is 5.69 Å². The van der Waals surface area contributed by atoms with Crippen molar-refractivity contribution >= 4 is 12.4 Å². The third kappa shape index (κ3) is 2.55. The van der Waals surface area contributed by atoms with Crippen molar-refractivity contribution in [3.05, 3.63) is 47.9 Å². The molecule has 1 aromatic heterocycles. The molecule has 0 saturated heterocycles. The van der Waals surface area contributed by atoms with Crippen LogP contribution in [0.1, 0.15) is 17.9 Å². The molecule has 3 rings (SSSR count). The molecule has 1 heterocycles. The second-order valence-electron chi connectivity index (χ2n) is 4.62. The van der Waals surface area contributed by atoms with E-state index in [-0.39, 0.29) is 24.2 Å². The van der Waals surface area contributed by atoms with Gasteiger partial charge in [-0.25, -0.2) is 4.39 Å². The summed E-state index contributed by atoms with van der Waals surface area (Å²) in [6.07, 6.45) is 2.72. The van der Waals surface area contributed by atoms with Crippen molar-refractivity contribution < 1.29 is 9.50 Å². The average molecular weight is 281 g/mol. The summed E-state index contributed by atoms with van der Waals surface area (Å²) in [5.41, 5.74) is 7.68. The molecular weight excluding hydrogens is 267 g/mol. The first kappa shape index (κ1) is 13.8. The van der Waals surface area contributed by atoms with Gasteiger partial charge in [-0.05, 0) is 30.2 Å². The molecule has 19 heavy (non-hydrogen) atoms. The van der Waals surface area contributed by atoms with Crippen LogP contribution in [0.25, 0.3) is 11.3 Å². The van der Waals surface area contributed by atoms with Gasteiger partial charge in [0.15, 0.2) is 11.6 Å². The lowest BCUT2D eigenvalue weighted by Gasteiger charge is -2.05. The van der Waals surface area contributed by atoms with Crippen molar-refractivity contribution in [2.24, 2.45) is 5.73 Å². The van der Waals surface area contributed by atoms with E-state index in [2.05, 4.69) is 4.98 Å². The fourth-order valence-electron chi connectivity index (χ4n) is 2.10. The molecule has 0 unspecified atom stereocenters. The summed E-state index contributed by atoms with van der Waals surface area (Å²) in [4.78, 5) is 4.24. The lowest BCUT2D eigenvalue weighted by atomic mass is 10.1. The number of hydrogen-bond acceptors (Lipinski definition) is 3. The minimum atomic E-state index is -0.638. The molecule has 3 nitrogen and oxygen atoms in total. The zero-order chi connectivity index (χ0) is 12.7. The summed E-state index contributed by atoms with van der Waals surface area (Å²) in [5.74, 6) is -0.607. The van der Waals surface area contributed by atoms with Crippen molar-refractivity contribution in [3.8, 4) is 17.0 Å². The molecule has 0 amide bonds. The predicted molar refractivity (Wildman–Crippen MR) is 73.9 cm³/mol. The van der Waals surface area contributed by atoms with Gasteiger partial charge in [-0.15, -0.1) is 12.4 Å². The highest BCUT2D eigenvalue weighted by atomic mass is 35.5. The van der Waals surface area contributed by atoms with Crippen LogP contribution in [0.4, 0.5) is 4.39 Å².